The Labute approximate surface area is 142 Å². The minimum Gasteiger partial charge on any atom is -0.474 e. The summed E-state index contributed by atoms with van der Waals surface area (Å²) in [6.45, 7) is 7.29. The molecule has 1 aromatic rings. The number of rotatable bonds is 5. The zero-order valence-corrected chi connectivity index (χ0v) is 15.6. The highest BCUT2D eigenvalue weighted by Crippen LogP contribution is 2.33. The second-order valence-corrected chi connectivity index (χ2v) is 7.06. The third kappa shape index (κ3) is 4.70. The average molecular weight is 368 g/mol. The summed E-state index contributed by atoms with van der Waals surface area (Å²) in [6.07, 6.45) is 6.92. The van der Waals surface area contributed by atoms with Crippen LogP contribution in [0, 0.1) is 12.8 Å². The maximum absolute atomic E-state index is 6.12. The predicted molar refractivity (Wildman–Crippen MR) is 95.2 cm³/mol. The molecule has 0 aliphatic heterocycles. The van der Waals surface area contributed by atoms with Crippen molar-refractivity contribution in [3.05, 3.63) is 16.2 Å². The highest BCUT2D eigenvalue weighted by Gasteiger charge is 2.22. The first-order valence-corrected chi connectivity index (χ1v) is 8.87. The topological polar surface area (TPSA) is 37.7 Å². The van der Waals surface area contributed by atoms with Crippen LogP contribution in [0.15, 0.2) is 15.5 Å². The molecule has 1 saturated carbocycles. The van der Waals surface area contributed by atoms with E-state index in [1.165, 1.54) is 12.8 Å². The number of aliphatic imine (C=N–C) groups is 1. The Hall–Kier alpha value is -1.10. The molecule has 2 atom stereocenters. The number of pyridine rings is 1. The molecule has 2 rings (SSSR count). The van der Waals surface area contributed by atoms with Crippen molar-refractivity contribution in [2.45, 2.75) is 52.6 Å². The first-order valence-electron chi connectivity index (χ1n) is 8.07. The van der Waals surface area contributed by atoms with Crippen LogP contribution in [0.2, 0.25) is 0 Å². The van der Waals surface area contributed by atoms with Gasteiger partial charge in [-0.3, -0.25) is 0 Å². The summed E-state index contributed by atoms with van der Waals surface area (Å²) < 4.78 is 7.00. The first kappa shape index (κ1) is 17.3. The third-order valence-electron chi connectivity index (χ3n) is 4.17. The Morgan fingerprint density at radius 2 is 2.27 bits per heavy atom. The summed E-state index contributed by atoms with van der Waals surface area (Å²) in [6, 6.07) is 1.99. The SMILES string of the molecule is CCN(C)C=Nc1cc(Br)c(OC2CCCC(C)C2)nc1C. The Bertz CT molecular complexity index is 533. The Kier molecular flexibility index (Phi) is 6.24. The maximum atomic E-state index is 6.12. The van der Waals surface area contributed by atoms with Gasteiger partial charge in [-0.15, -0.1) is 0 Å². The number of aromatic nitrogens is 1. The lowest BCUT2D eigenvalue weighted by molar-refractivity contribution is 0.123. The first-order chi connectivity index (χ1) is 10.5. The highest BCUT2D eigenvalue weighted by molar-refractivity contribution is 9.10. The summed E-state index contributed by atoms with van der Waals surface area (Å²) in [5.41, 5.74) is 1.76. The molecule has 1 aromatic heterocycles. The third-order valence-corrected chi connectivity index (χ3v) is 4.74. The highest BCUT2D eigenvalue weighted by atomic mass is 79.9. The fourth-order valence-electron chi connectivity index (χ4n) is 2.65. The molecule has 0 amide bonds. The van der Waals surface area contributed by atoms with E-state index in [0.717, 1.165) is 41.2 Å². The molecule has 0 saturated heterocycles. The lowest BCUT2D eigenvalue weighted by Crippen LogP contribution is -2.24. The molecule has 1 aliphatic rings. The molecule has 2 unspecified atom stereocenters. The second kappa shape index (κ2) is 7.95. The molecule has 5 heteroatoms. The Morgan fingerprint density at radius 3 is 2.95 bits per heavy atom. The standard InChI is InChI=1S/C17H26BrN3O/c1-5-21(4)11-19-16-10-15(18)17(20-13(16)3)22-14-8-6-7-12(2)9-14/h10-12,14H,5-9H2,1-4H3. The number of hydrogen-bond donors (Lipinski definition) is 0. The number of nitrogens with zero attached hydrogens (tertiary/aromatic N) is 3. The van der Waals surface area contributed by atoms with Gasteiger partial charge in [0.05, 0.1) is 22.2 Å². The average Bonchev–Trinajstić information content (AvgIpc) is 2.49. The van der Waals surface area contributed by atoms with Crippen LogP contribution in [0.25, 0.3) is 0 Å². The Balaban J connectivity index is 2.10. The van der Waals surface area contributed by atoms with Crippen LogP contribution < -0.4 is 4.74 Å². The summed E-state index contributed by atoms with van der Waals surface area (Å²) in [4.78, 5) is 11.1. The van der Waals surface area contributed by atoms with Crippen molar-refractivity contribution in [2.75, 3.05) is 13.6 Å². The fraction of sp³-hybridized carbons (Fsp3) is 0.647. The van der Waals surface area contributed by atoms with E-state index in [-0.39, 0.29) is 6.10 Å². The van der Waals surface area contributed by atoms with Crippen LogP contribution >= 0.6 is 15.9 Å². The van der Waals surface area contributed by atoms with Gasteiger partial charge in [0, 0.05) is 13.6 Å². The van der Waals surface area contributed by atoms with Crippen LogP contribution in [-0.4, -0.2) is 35.9 Å². The molecule has 1 heterocycles. The van der Waals surface area contributed by atoms with E-state index in [9.17, 15) is 0 Å². The van der Waals surface area contributed by atoms with E-state index in [2.05, 4.69) is 39.8 Å². The molecule has 1 fully saturated rings. The van der Waals surface area contributed by atoms with Crippen molar-refractivity contribution in [3.8, 4) is 5.88 Å². The van der Waals surface area contributed by atoms with Gasteiger partial charge in [-0.05, 0) is 61.0 Å². The van der Waals surface area contributed by atoms with Gasteiger partial charge >= 0.3 is 0 Å². The molecule has 1 aliphatic carbocycles. The smallest absolute Gasteiger partial charge is 0.228 e. The van der Waals surface area contributed by atoms with Gasteiger partial charge < -0.3 is 9.64 Å². The van der Waals surface area contributed by atoms with E-state index in [4.69, 9.17) is 4.74 Å². The largest absolute Gasteiger partial charge is 0.474 e. The van der Waals surface area contributed by atoms with Crippen molar-refractivity contribution in [2.24, 2.45) is 10.9 Å². The summed E-state index contributed by atoms with van der Waals surface area (Å²) >= 11 is 3.57. The van der Waals surface area contributed by atoms with E-state index in [1.54, 1.807) is 0 Å². The molecule has 0 aromatic carbocycles. The van der Waals surface area contributed by atoms with Crippen LogP contribution in [0.1, 0.15) is 45.2 Å². The summed E-state index contributed by atoms with van der Waals surface area (Å²) in [5, 5.41) is 0. The van der Waals surface area contributed by atoms with Gasteiger partial charge in [0.15, 0.2) is 0 Å². The van der Waals surface area contributed by atoms with Crippen molar-refractivity contribution in [1.29, 1.82) is 0 Å². The number of hydrogen-bond acceptors (Lipinski definition) is 3. The van der Waals surface area contributed by atoms with Crippen LogP contribution in [0.3, 0.4) is 0 Å². The number of ether oxygens (including phenoxy) is 1. The lowest BCUT2D eigenvalue weighted by Gasteiger charge is -2.27. The maximum Gasteiger partial charge on any atom is 0.228 e. The van der Waals surface area contributed by atoms with E-state index in [0.29, 0.717) is 5.88 Å². The molecule has 0 bridgehead atoms. The summed E-state index contributed by atoms with van der Waals surface area (Å²) in [5.74, 6) is 1.44. The van der Waals surface area contributed by atoms with Gasteiger partial charge in [0.2, 0.25) is 5.88 Å². The van der Waals surface area contributed by atoms with Gasteiger partial charge in [-0.25, -0.2) is 9.98 Å². The van der Waals surface area contributed by atoms with Crippen LogP contribution in [0.4, 0.5) is 5.69 Å². The van der Waals surface area contributed by atoms with E-state index in [1.807, 2.05) is 31.3 Å². The predicted octanol–water partition coefficient (Wildman–Crippen LogP) is 4.72. The van der Waals surface area contributed by atoms with Gasteiger partial charge in [-0.1, -0.05) is 13.3 Å². The normalized spacial score (nSPS) is 22.0. The van der Waals surface area contributed by atoms with Gasteiger partial charge in [0.25, 0.3) is 0 Å². The molecule has 0 spiro atoms. The minimum absolute atomic E-state index is 0.285. The fourth-order valence-corrected chi connectivity index (χ4v) is 3.05. The van der Waals surface area contributed by atoms with Crippen molar-refractivity contribution < 1.29 is 4.74 Å². The molecule has 4 nitrogen and oxygen atoms in total. The quantitative estimate of drug-likeness (QED) is 0.557. The summed E-state index contributed by atoms with van der Waals surface area (Å²) in [7, 11) is 2.00. The van der Waals surface area contributed by atoms with Crippen LogP contribution in [0.5, 0.6) is 5.88 Å². The van der Waals surface area contributed by atoms with E-state index >= 15 is 0 Å². The Morgan fingerprint density at radius 1 is 1.50 bits per heavy atom. The minimum atomic E-state index is 0.285. The van der Waals surface area contributed by atoms with Crippen molar-refractivity contribution >= 4 is 28.0 Å². The zero-order valence-electron chi connectivity index (χ0n) is 14.0. The molecule has 0 N–H and O–H groups in total. The molecule has 22 heavy (non-hydrogen) atoms. The lowest BCUT2D eigenvalue weighted by atomic mass is 9.89. The molecular weight excluding hydrogens is 342 g/mol. The van der Waals surface area contributed by atoms with Crippen molar-refractivity contribution in [1.82, 2.24) is 9.88 Å². The molecule has 122 valence electrons. The van der Waals surface area contributed by atoms with E-state index < -0.39 is 0 Å². The molecule has 0 radical (unpaired) electrons. The van der Waals surface area contributed by atoms with Crippen LogP contribution in [-0.2, 0) is 0 Å². The second-order valence-electron chi connectivity index (χ2n) is 6.21. The number of aryl methyl sites for hydroxylation is 1. The molecular formula is C17H26BrN3O. The zero-order chi connectivity index (χ0) is 16.1. The van der Waals surface area contributed by atoms with Crippen molar-refractivity contribution in [3.63, 3.8) is 0 Å². The van der Waals surface area contributed by atoms with Gasteiger partial charge in [0.1, 0.15) is 6.10 Å². The monoisotopic (exact) mass is 367 g/mol. The van der Waals surface area contributed by atoms with Gasteiger partial charge in [-0.2, -0.15) is 0 Å². The number of halogens is 1.